The van der Waals surface area contributed by atoms with Crippen LogP contribution in [0.5, 0.6) is 0 Å². The molecule has 1 aromatic rings. The molecule has 1 heterocycles. The van der Waals surface area contributed by atoms with Gasteiger partial charge in [0.25, 0.3) is 0 Å². The minimum absolute atomic E-state index is 0.717. The van der Waals surface area contributed by atoms with Crippen molar-refractivity contribution < 1.29 is 4.74 Å². The van der Waals surface area contributed by atoms with E-state index < -0.39 is 0 Å². The highest BCUT2D eigenvalue weighted by Crippen LogP contribution is 2.05. The normalized spacial score (nSPS) is 10.9. The minimum atomic E-state index is 0.717. The van der Waals surface area contributed by atoms with Crippen LogP contribution in [0.15, 0.2) is 12.4 Å². The van der Waals surface area contributed by atoms with Gasteiger partial charge in [-0.3, -0.25) is 0 Å². The van der Waals surface area contributed by atoms with Gasteiger partial charge in [0.05, 0.1) is 6.61 Å². The lowest BCUT2D eigenvalue weighted by atomic mass is 10.1. The average molecular weight is 211 g/mol. The summed E-state index contributed by atoms with van der Waals surface area (Å²) in [5.74, 6) is 1.66. The van der Waals surface area contributed by atoms with Crippen LogP contribution < -0.4 is 5.32 Å². The molecule has 0 amide bonds. The molecular formula is C11H21N3O. The first-order valence-corrected chi connectivity index (χ1v) is 5.48. The molecule has 0 spiro atoms. The molecule has 0 aliphatic carbocycles. The molecule has 1 rings (SSSR count). The Morgan fingerprint density at radius 3 is 3.00 bits per heavy atom. The highest BCUT2D eigenvalue weighted by Gasteiger charge is 2.01. The van der Waals surface area contributed by atoms with Crippen molar-refractivity contribution >= 4 is 5.95 Å². The SMILES string of the molecule is COCCn1ccnc1NCCC(C)C. The summed E-state index contributed by atoms with van der Waals surface area (Å²) >= 11 is 0. The standard InChI is InChI=1S/C11H21N3O/c1-10(2)4-5-12-11-13-6-7-14(11)8-9-15-3/h6-7,10H,4-5,8-9H2,1-3H3,(H,12,13). The third kappa shape index (κ3) is 4.34. The van der Waals surface area contributed by atoms with E-state index in [4.69, 9.17) is 4.74 Å². The second-order valence-corrected chi connectivity index (χ2v) is 4.05. The second-order valence-electron chi connectivity index (χ2n) is 4.05. The fourth-order valence-electron chi connectivity index (χ4n) is 1.32. The summed E-state index contributed by atoms with van der Waals surface area (Å²) in [4.78, 5) is 4.26. The first-order valence-electron chi connectivity index (χ1n) is 5.48. The number of methoxy groups -OCH3 is 1. The van der Waals surface area contributed by atoms with E-state index in [0.717, 1.165) is 38.0 Å². The predicted molar refractivity (Wildman–Crippen MR) is 62.0 cm³/mol. The number of nitrogens with zero attached hydrogens (tertiary/aromatic N) is 2. The Labute approximate surface area is 91.7 Å². The third-order valence-electron chi connectivity index (χ3n) is 2.26. The molecule has 86 valence electrons. The van der Waals surface area contributed by atoms with Crippen molar-refractivity contribution in [2.45, 2.75) is 26.8 Å². The molecule has 0 aliphatic heterocycles. The molecule has 4 nitrogen and oxygen atoms in total. The average Bonchev–Trinajstić information content (AvgIpc) is 2.62. The first-order chi connectivity index (χ1) is 7.24. The number of rotatable bonds is 7. The van der Waals surface area contributed by atoms with E-state index in [-0.39, 0.29) is 0 Å². The second kappa shape index (κ2) is 6.45. The molecule has 0 bridgehead atoms. The Morgan fingerprint density at radius 1 is 1.53 bits per heavy atom. The highest BCUT2D eigenvalue weighted by molar-refractivity contribution is 5.25. The van der Waals surface area contributed by atoms with Crippen molar-refractivity contribution in [2.24, 2.45) is 5.92 Å². The van der Waals surface area contributed by atoms with E-state index >= 15 is 0 Å². The fourth-order valence-corrected chi connectivity index (χ4v) is 1.32. The summed E-state index contributed by atoms with van der Waals surface area (Å²) in [5.41, 5.74) is 0. The maximum absolute atomic E-state index is 5.04. The summed E-state index contributed by atoms with van der Waals surface area (Å²) in [7, 11) is 1.71. The van der Waals surface area contributed by atoms with Crippen LogP contribution in [0, 0.1) is 5.92 Å². The van der Waals surface area contributed by atoms with Crippen LogP contribution in [0.2, 0.25) is 0 Å². The molecular weight excluding hydrogens is 190 g/mol. The van der Waals surface area contributed by atoms with Crippen molar-refractivity contribution in [1.82, 2.24) is 9.55 Å². The zero-order chi connectivity index (χ0) is 11.1. The molecule has 0 aliphatic rings. The van der Waals surface area contributed by atoms with Crippen LogP contribution in [0.4, 0.5) is 5.95 Å². The summed E-state index contributed by atoms with van der Waals surface area (Å²) < 4.78 is 7.11. The molecule has 1 aromatic heterocycles. The Balaban J connectivity index is 2.35. The van der Waals surface area contributed by atoms with Gasteiger partial charge in [-0.05, 0) is 12.3 Å². The van der Waals surface area contributed by atoms with Gasteiger partial charge in [0.15, 0.2) is 0 Å². The van der Waals surface area contributed by atoms with Crippen molar-refractivity contribution in [3.05, 3.63) is 12.4 Å². The quantitative estimate of drug-likeness (QED) is 0.749. The maximum Gasteiger partial charge on any atom is 0.202 e. The Bertz CT molecular complexity index is 271. The largest absolute Gasteiger partial charge is 0.383 e. The predicted octanol–water partition coefficient (Wildman–Crippen LogP) is 1.99. The number of anilines is 1. The Hall–Kier alpha value is -1.03. The molecule has 0 saturated carbocycles. The van der Waals surface area contributed by atoms with Gasteiger partial charge >= 0.3 is 0 Å². The van der Waals surface area contributed by atoms with Crippen LogP contribution in [0.3, 0.4) is 0 Å². The number of imidazole rings is 1. The van der Waals surface area contributed by atoms with Crippen molar-refractivity contribution in [1.29, 1.82) is 0 Å². The topological polar surface area (TPSA) is 39.1 Å². The molecule has 0 unspecified atom stereocenters. The van der Waals surface area contributed by atoms with Crippen LogP contribution >= 0.6 is 0 Å². The van der Waals surface area contributed by atoms with Crippen LogP contribution in [0.1, 0.15) is 20.3 Å². The lowest BCUT2D eigenvalue weighted by Crippen LogP contribution is -2.12. The Morgan fingerprint density at radius 2 is 2.33 bits per heavy atom. The molecule has 1 N–H and O–H groups in total. The van der Waals surface area contributed by atoms with Crippen molar-refractivity contribution in [2.75, 3.05) is 25.6 Å². The zero-order valence-electron chi connectivity index (χ0n) is 9.86. The number of aromatic nitrogens is 2. The van der Waals surface area contributed by atoms with Gasteiger partial charge in [-0.2, -0.15) is 0 Å². The van der Waals surface area contributed by atoms with Crippen molar-refractivity contribution in [3.63, 3.8) is 0 Å². The first kappa shape index (κ1) is 12.0. The zero-order valence-corrected chi connectivity index (χ0v) is 9.86. The summed E-state index contributed by atoms with van der Waals surface area (Å²) in [6, 6.07) is 0. The van der Waals surface area contributed by atoms with E-state index in [1.54, 1.807) is 7.11 Å². The van der Waals surface area contributed by atoms with Gasteiger partial charge in [-0.15, -0.1) is 0 Å². The lowest BCUT2D eigenvalue weighted by molar-refractivity contribution is 0.187. The van der Waals surface area contributed by atoms with Gasteiger partial charge in [-0.1, -0.05) is 13.8 Å². The number of ether oxygens (including phenoxy) is 1. The van der Waals surface area contributed by atoms with Crippen molar-refractivity contribution in [3.8, 4) is 0 Å². The van der Waals surface area contributed by atoms with E-state index in [2.05, 4.69) is 28.7 Å². The minimum Gasteiger partial charge on any atom is -0.383 e. The van der Waals surface area contributed by atoms with E-state index in [9.17, 15) is 0 Å². The maximum atomic E-state index is 5.04. The molecule has 0 aromatic carbocycles. The van der Waals surface area contributed by atoms with E-state index in [1.165, 1.54) is 0 Å². The Kier molecular flexibility index (Phi) is 5.18. The lowest BCUT2D eigenvalue weighted by Gasteiger charge is -2.10. The van der Waals surface area contributed by atoms with Gasteiger partial charge in [-0.25, -0.2) is 4.98 Å². The van der Waals surface area contributed by atoms with E-state index in [1.807, 2.05) is 12.4 Å². The highest BCUT2D eigenvalue weighted by atomic mass is 16.5. The monoisotopic (exact) mass is 211 g/mol. The van der Waals surface area contributed by atoms with Gasteiger partial charge in [0.2, 0.25) is 5.95 Å². The molecule has 0 saturated heterocycles. The van der Waals surface area contributed by atoms with Gasteiger partial charge in [0, 0.05) is 32.6 Å². The molecule has 15 heavy (non-hydrogen) atoms. The smallest absolute Gasteiger partial charge is 0.202 e. The van der Waals surface area contributed by atoms with E-state index in [0.29, 0.717) is 0 Å². The van der Waals surface area contributed by atoms with Gasteiger partial charge < -0.3 is 14.6 Å². The molecule has 0 radical (unpaired) electrons. The van der Waals surface area contributed by atoms with Gasteiger partial charge in [0.1, 0.15) is 0 Å². The van der Waals surface area contributed by atoms with Crippen LogP contribution in [0.25, 0.3) is 0 Å². The van der Waals surface area contributed by atoms with Crippen LogP contribution in [-0.2, 0) is 11.3 Å². The molecule has 0 atom stereocenters. The molecule has 4 heteroatoms. The number of nitrogens with one attached hydrogen (secondary N) is 1. The summed E-state index contributed by atoms with van der Waals surface area (Å²) in [6.45, 7) is 6.98. The third-order valence-corrected chi connectivity index (χ3v) is 2.26. The van der Waals surface area contributed by atoms with Crippen LogP contribution in [-0.4, -0.2) is 29.8 Å². The summed E-state index contributed by atoms with van der Waals surface area (Å²) in [6.07, 6.45) is 4.95. The fraction of sp³-hybridized carbons (Fsp3) is 0.727. The summed E-state index contributed by atoms with van der Waals surface area (Å²) in [5, 5.41) is 3.33. The molecule has 0 fully saturated rings. The number of hydrogen-bond donors (Lipinski definition) is 1. The number of hydrogen-bond acceptors (Lipinski definition) is 3.